The van der Waals surface area contributed by atoms with E-state index in [0.29, 0.717) is 0 Å². The molecule has 7 heteroatoms. The van der Waals surface area contributed by atoms with E-state index in [1.165, 1.54) is 12.1 Å². The molecule has 1 rings (SSSR count). The lowest BCUT2D eigenvalue weighted by Gasteiger charge is -2.08. The number of sulfonamides is 1. The van der Waals surface area contributed by atoms with E-state index in [1.807, 2.05) is 0 Å². The van der Waals surface area contributed by atoms with Crippen LogP contribution in [0.2, 0.25) is 0 Å². The van der Waals surface area contributed by atoms with Crippen LogP contribution < -0.4 is 4.72 Å². The van der Waals surface area contributed by atoms with E-state index in [0.717, 1.165) is 6.07 Å². The van der Waals surface area contributed by atoms with Crippen LogP contribution in [0.5, 0.6) is 0 Å². The van der Waals surface area contributed by atoms with Gasteiger partial charge in [-0.05, 0) is 24.6 Å². The van der Waals surface area contributed by atoms with Crippen molar-refractivity contribution in [1.82, 2.24) is 0 Å². The van der Waals surface area contributed by atoms with Crippen molar-refractivity contribution in [2.45, 2.75) is 6.42 Å². The van der Waals surface area contributed by atoms with Crippen molar-refractivity contribution < 1.29 is 12.8 Å². The van der Waals surface area contributed by atoms with Gasteiger partial charge in [0.15, 0.2) is 0 Å². The Hall–Kier alpha value is -1.32. The van der Waals surface area contributed by atoms with E-state index in [9.17, 15) is 12.8 Å². The first-order valence-corrected chi connectivity index (χ1v) is 6.93. The third-order valence-corrected chi connectivity index (χ3v) is 3.53. The Morgan fingerprint density at radius 3 is 2.71 bits per heavy atom. The Bertz CT molecular complexity index is 540. The number of halogens is 2. The second-order valence-electron chi connectivity index (χ2n) is 3.27. The van der Waals surface area contributed by atoms with Crippen molar-refractivity contribution in [3.63, 3.8) is 0 Å². The molecule has 0 atom stereocenters. The van der Waals surface area contributed by atoms with Crippen LogP contribution in [0.4, 0.5) is 10.1 Å². The molecule has 92 valence electrons. The van der Waals surface area contributed by atoms with Crippen LogP contribution >= 0.6 is 11.6 Å². The minimum Gasteiger partial charge on any atom is -0.281 e. The van der Waals surface area contributed by atoms with Crippen LogP contribution in [-0.2, 0) is 10.0 Å². The minimum atomic E-state index is -3.60. The molecule has 0 saturated carbocycles. The SMILES string of the molecule is N#Cc1ccc(NS(=O)(=O)CCCCl)c(F)c1. The van der Waals surface area contributed by atoms with E-state index in [2.05, 4.69) is 4.72 Å². The highest BCUT2D eigenvalue weighted by molar-refractivity contribution is 7.92. The first kappa shape index (κ1) is 13.7. The maximum Gasteiger partial charge on any atom is 0.232 e. The molecule has 0 aliphatic rings. The van der Waals surface area contributed by atoms with Gasteiger partial charge >= 0.3 is 0 Å². The molecule has 0 radical (unpaired) electrons. The van der Waals surface area contributed by atoms with Crippen molar-refractivity contribution in [1.29, 1.82) is 5.26 Å². The van der Waals surface area contributed by atoms with Crippen LogP contribution in [-0.4, -0.2) is 20.1 Å². The average Bonchev–Trinajstić information content (AvgIpc) is 2.29. The lowest BCUT2D eigenvalue weighted by atomic mass is 10.2. The van der Waals surface area contributed by atoms with Crippen molar-refractivity contribution in [2.24, 2.45) is 0 Å². The van der Waals surface area contributed by atoms with Gasteiger partial charge in [-0.1, -0.05) is 0 Å². The summed E-state index contributed by atoms with van der Waals surface area (Å²) in [5.41, 5.74) is -0.0372. The summed E-state index contributed by atoms with van der Waals surface area (Å²) in [6.45, 7) is 0. The van der Waals surface area contributed by atoms with E-state index in [4.69, 9.17) is 16.9 Å². The summed E-state index contributed by atoms with van der Waals surface area (Å²) in [6.07, 6.45) is 0.286. The normalized spacial score (nSPS) is 10.9. The summed E-state index contributed by atoms with van der Waals surface area (Å²) in [5, 5.41) is 8.53. The van der Waals surface area contributed by atoms with E-state index in [1.54, 1.807) is 6.07 Å². The van der Waals surface area contributed by atoms with Gasteiger partial charge in [0, 0.05) is 5.88 Å². The molecule has 0 fully saturated rings. The topological polar surface area (TPSA) is 70.0 Å². The van der Waals surface area contributed by atoms with Crippen molar-refractivity contribution in [2.75, 3.05) is 16.4 Å². The smallest absolute Gasteiger partial charge is 0.232 e. The van der Waals surface area contributed by atoms with Gasteiger partial charge in [-0.2, -0.15) is 5.26 Å². The Labute approximate surface area is 104 Å². The van der Waals surface area contributed by atoms with Crippen LogP contribution in [0.3, 0.4) is 0 Å². The highest BCUT2D eigenvalue weighted by atomic mass is 35.5. The molecule has 1 aromatic carbocycles. The first-order valence-electron chi connectivity index (χ1n) is 4.74. The van der Waals surface area contributed by atoms with Gasteiger partial charge in [-0.25, -0.2) is 12.8 Å². The quantitative estimate of drug-likeness (QED) is 0.837. The zero-order valence-electron chi connectivity index (χ0n) is 8.78. The molecule has 0 bridgehead atoms. The molecular weight excluding hydrogens is 267 g/mol. The number of rotatable bonds is 5. The fraction of sp³-hybridized carbons (Fsp3) is 0.300. The largest absolute Gasteiger partial charge is 0.281 e. The standard InChI is InChI=1S/C10H10ClFN2O2S/c11-4-1-5-17(15,16)14-10-3-2-8(7-13)6-9(10)12/h2-3,6,14H,1,4-5H2. The third kappa shape index (κ3) is 4.21. The molecular formula is C10H10ClFN2O2S. The Kier molecular flexibility index (Phi) is 4.73. The Balaban J connectivity index is 2.86. The van der Waals surface area contributed by atoms with Crippen LogP contribution in [0.15, 0.2) is 18.2 Å². The molecule has 0 aromatic heterocycles. The van der Waals surface area contributed by atoms with Gasteiger partial charge in [0.05, 0.1) is 23.1 Å². The maximum atomic E-state index is 13.4. The van der Waals surface area contributed by atoms with Gasteiger partial charge in [-0.3, -0.25) is 4.72 Å². The van der Waals surface area contributed by atoms with Crippen LogP contribution in [0.1, 0.15) is 12.0 Å². The molecule has 17 heavy (non-hydrogen) atoms. The van der Waals surface area contributed by atoms with Gasteiger partial charge in [0.25, 0.3) is 0 Å². The minimum absolute atomic E-state index is 0.131. The first-order chi connectivity index (χ1) is 7.98. The predicted octanol–water partition coefficient (Wildman–Crippen LogP) is 2.07. The molecule has 0 aliphatic carbocycles. The number of nitrogens with zero attached hydrogens (tertiary/aromatic N) is 1. The van der Waals surface area contributed by atoms with Crippen molar-refractivity contribution in [3.05, 3.63) is 29.6 Å². The van der Waals surface area contributed by atoms with Gasteiger partial charge in [-0.15, -0.1) is 11.6 Å². The number of alkyl halides is 1. The molecule has 0 amide bonds. The number of hydrogen-bond acceptors (Lipinski definition) is 3. The van der Waals surface area contributed by atoms with Crippen molar-refractivity contribution in [3.8, 4) is 6.07 Å². The summed E-state index contributed by atoms with van der Waals surface area (Å²) in [6, 6.07) is 5.28. The number of benzene rings is 1. The highest BCUT2D eigenvalue weighted by Gasteiger charge is 2.12. The van der Waals surface area contributed by atoms with Crippen LogP contribution in [0.25, 0.3) is 0 Å². The number of hydrogen-bond donors (Lipinski definition) is 1. The third-order valence-electron chi connectivity index (χ3n) is 1.91. The zero-order chi connectivity index (χ0) is 12.9. The Morgan fingerprint density at radius 2 is 2.18 bits per heavy atom. The second kappa shape index (κ2) is 5.84. The molecule has 0 spiro atoms. The summed E-state index contributed by atoms with van der Waals surface area (Å²) < 4.78 is 38.4. The molecule has 4 nitrogen and oxygen atoms in total. The van der Waals surface area contributed by atoms with Gasteiger partial charge in [0.1, 0.15) is 5.82 Å². The summed E-state index contributed by atoms with van der Waals surface area (Å²) in [7, 11) is -3.60. The lowest BCUT2D eigenvalue weighted by molar-refractivity contribution is 0.597. The number of nitrogens with one attached hydrogen (secondary N) is 1. The molecule has 0 aliphatic heterocycles. The molecule has 0 heterocycles. The zero-order valence-corrected chi connectivity index (χ0v) is 10.4. The van der Waals surface area contributed by atoms with Gasteiger partial charge < -0.3 is 0 Å². The fourth-order valence-electron chi connectivity index (χ4n) is 1.13. The summed E-state index contributed by atoms with van der Waals surface area (Å²) in [5.74, 6) is -0.731. The fourth-order valence-corrected chi connectivity index (χ4v) is 2.55. The average molecular weight is 277 g/mol. The summed E-state index contributed by atoms with van der Waals surface area (Å²) >= 11 is 5.38. The van der Waals surface area contributed by atoms with Crippen molar-refractivity contribution >= 4 is 27.3 Å². The highest BCUT2D eigenvalue weighted by Crippen LogP contribution is 2.17. The molecule has 0 unspecified atom stereocenters. The number of nitriles is 1. The molecule has 1 aromatic rings. The predicted molar refractivity (Wildman–Crippen MR) is 63.9 cm³/mol. The lowest BCUT2D eigenvalue weighted by Crippen LogP contribution is -2.17. The molecule has 1 N–H and O–H groups in total. The van der Waals surface area contributed by atoms with E-state index < -0.39 is 15.8 Å². The maximum absolute atomic E-state index is 13.4. The van der Waals surface area contributed by atoms with E-state index >= 15 is 0 Å². The summed E-state index contributed by atoms with van der Waals surface area (Å²) in [4.78, 5) is 0. The van der Waals surface area contributed by atoms with Gasteiger partial charge in [0.2, 0.25) is 10.0 Å². The van der Waals surface area contributed by atoms with E-state index in [-0.39, 0.29) is 29.3 Å². The number of anilines is 1. The Morgan fingerprint density at radius 1 is 1.47 bits per heavy atom. The van der Waals surface area contributed by atoms with Crippen LogP contribution in [0, 0.1) is 17.1 Å². The molecule has 0 saturated heterocycles. The monoisotopic (exact) mass is 276 g/mol. The second-order valence-corrected chi connectivity index (χ2v) is 5.49.